The Morgan fingerprint density at radius 3 is 2.28 bits per heavy atom. The molecular weight excluding hydrogens is 358 g/mol. The van der Waals surface area contributed by atoms with Gasteiger partial charge >= 0.3 is 0 Å². The molecule has 0 unspecified atom stereocenters. The van der Waals surface area contributed by atoms with E-state index in [0.717, 1.165) is 34.8 Å². The van der Waals surface area contributed by atoms with E-state index in [1.165, 1.54) is 5.56 Å². The molecule has 0 aliphatic carbocycles. The monoisotopic (exact) mass is 389 g/mol. The van der Waals surface area contributed by atoms with Crippen LogP contribution in [0.5, 0.6) is 5.88 Å². The quantitative estimate of drug-likeness (QED) is 0.621. The van der Waals surface area contributed by atoms with Crippen LogP contribution in [-0.4, -0.2) is 21.6 Å². The lowest BCUT2D eigenvalue weighted by atomic mass is 10.1. The van der Waals surface area contributed by atoms with E-state index in [9.17, 15) is 0 Å². The van der Waals surface area contributed by atoms with Gasteiger partial charge in [-0.15, -0.1) is 0 Å². The van der Waals surface area contributed by atoms with Crippen molar-refractivity contribution in [3.63, 3.8) is 0 Å². The second-order valence-corrected chi connectivity index (χ2v) is 6.25. The standard InChI is InChI=1S/C23H25N3O.C2H6/c1-4-15-27-23-19(5-2)20(6-3)25-22(26-23)21-14-10-13-18(24-21)16-17-11-8-7-9-12-17;1-2/h5-14H,4,15-16H2,1-3H3;1-2H3/b19-5+,20-6+;. The molecule has 0 radical (unpaired) electrons. The second-order valence-electron chi connectivity index (χ2n) is 6.25. The van der Waals surface area contributed by atoms with E-state index in [2.05, 4.69) is 24.0 Å². The number of benzene rings is 1. The number of aromatic nitrogens is 3. The molecule has 0 N–H and O–H groups in total. The zero-order valence-electron chi connectivity index (χ0n) is 18.1. The summed E-state index contributed by atoms with van der Waals surface area (Å²) < 4.78 is 5.88. The van der Waals surface area contributed by atoms with Crippen molar-refractivity contribution in [1.82, 2.24) is 15.0 Å². The SMILES string of the molecule is C/C=c1/nc(-c2cccc(Cc3ccccc3)n2)nc(OCCC)/c1=C/C.CC. The minimum absolute atomic E-state index is 0.592. The van der Waals surface area contributed by atoms with Crippen molar-refractivity contribution in [1.29, 1.82) is 0 Å². The highest BCUT2D eigenvalue weighted by molar-refractivity contribution is 5.51. The Kier molecular flexibility index (Phi) is 9.03. The maximum atomic E-state index is 5.88. The topological polar surface area (TPSA) is 47.9 Å². The predicted octanol–water partition coefficient (Wildman–Crippen LogP) is 4.55. The Balaban J connectivity index is 0.00000145. The van der Waals surface area contributed by atoms with Crippen LogP contribution in [0.2, 0.25) is 0 Å². The number of hydrogen-bond acceptors (Lipinski definition) is 4. The van der Waals surface area contributed by atoms with Crippen LogP contribution in [0.4, 0.5) is 0 Å². The van der Waals surface area contributed by atoms with E-state index in [4.69, 9.17) is 14.7 Å². The molecule has 29 heavy (non-hydrogen) atoms. The Morgan fingerprint density at radius 1 is 0.862 bits per heavy atom. The maximum absolute atomic E-state index is 5.88. The van der Waals surface area contributed by atoms with Gasteiger partial charge in [0.2, 0.25) is 5.88 Å². The molecular formula is C25H31N3O. The lowest BCUT2D eigenvalue weighted by Gasteiger charge is -2.08. The van der Waals surface area contributed by atoms with E-state index >= 15 is 0 Å². The number of hydrogen-bond donors (Lipinski definition) is 0. The van der Waals surface area contributed by atoms with Gasteiger partial charge in [-0.25, -0.2) is 9.97 Å². The van der Waals surface area contributed by atoms with Crippen LogP contribution in [0.1, 0.15) is 52.3 Å². The van der Waals surface area contributed by atoms with Crippen LogP contribution in [-0.2, 0) is 6.42 Å². The van der Waals surface area contributed by atoms with Crippen LogP contribution < -0.4 is 15.3 Å². The van der Waals surface area contributed by atoms with Gasteiger partial charge in [-0.1, -0.05) is 69.3 Å². The van der Waals surface area contributed by atoms with Gasteiger partial charge < -0.3 is 4.74 Å². The van der Waals surface area contributed by atoms with Gasteiger partial charge in [0, 0.05) is 12.1 Å². The highest BCUT2D eigenvalue weighted by atomic mass is 16.5. The number of nitrogens with zero attached hydrogens (tertiary/aromatic N) is 3. The summed E-state index contributed by atoms with van der Waals surface area (Å²) in [5.41, 5.74) is 2.98. The molecule has 3 rings (SSSR count). The number of rotatable bonds is 6. The Labute approximate surface area is 174 Å². The lowest BCUT2D eigenvalue weighted by Crippen LogP contribution is -2.31. The fraction of sp³-hybridized carbons (Fsp3) is 0.320. The molecule has 0 spiro atoms. The normalized spacial score (nSPS) is 11.8. The van der Waals surface area contributed by atoms with Crippen LogP contribution in [0.25, 0.3) is 23.7 Å². The van der Waals surface area contributed by atoms with Crippen molar-refractivity contribution in [3.05, 3.63) is 70.4 Å². The van der Waals surface area contributed by atoms with Crippen molar-refractivity contribution >= 4 is 12.2 Å². The molecule has 0 bridgehead atoms. The van der Waals surface area contributed by atoms with Crippen molar-refractivity contribution in [2.75, 3.05) is 6.61 Å². The fourth-order valence-electron chi connectivity index (χ4n) is 2.89. The van der Waals surface area contributed by atoms with Gasteiger partial charge in [-0.2, -0.15) is 4.98 Å². The Hall–Kier alpha value is -3.01. The first kappa shape index (κ1) is 22.3. The van der Waals surface area contributed by atoms with E-state index in [1.807, 2.05) is 76.2 Å². The maximum Gasteiger partial charge on any atom is 0.224 e. The predicted molar refractivity (Wildman–Crippen MR) is 121 cm³/mol. The van der Waals surface area contributed by atoms with E-state index in [0.29, 0.717) is 18.3 Å². The van der Waals surface area contributed by atoms with Gasteiger partial charge in [0.05, 0.1) is 17.2 Å². The highest BCUT2D eigenvalue weighted by Gasteiger charge is 2.10. The fourth-order valence-corrected chi connectivity index (χ4v) is 2.89. The Bertz CT molecular complexity index is 1010. The molecule has 0 amide bonds. The summed E-state index contributed by atoms with van der Waals surface area (Å²) in [6.07, 6.45) is 5.68. The summed E-state index contributed by atoms with van der Waals surface area (Å²) in [5, 5.41) is 1.79. The van der Waals surface area contributed by atoms with Gasteiger partial charge in [-0.05, 0) is 38.0 Å². The minimum atomic E-state index is 0.592. The first-order valence-electron chi connectivity index (χ1n) is 10.4. The van der Waals surface area contributed by atoms with Crippen molar-refractivity contribution in [2.24, 2.45) is 0 Å². The number of ether oxygens (including phenoxy) is 1. The van der Waals surface area contributed by atoms with Crippen molar-refractivity contribution in [3.8, 4) is 17.4 Å². The van der Waals surface area contributed by atoms with E-state index in [1.54, 1.807) is 0 Å². The molecule has 0 atom stereocenters. The molecule has 2 aromatic heterocycles. The zero-order valence-corrected chi connectivity index (χ0v) is 18.1. The molecule has 1 aromatic carbocycles. The van der Waals surface area contributed by atoms with E-state index < -0.39 is 0 Å². The summed E-state index contributed by atoms with van der Waals surface area (Å²) in [6, 6.07) is 16.3. The smallest absolute Gasteiger partial charge is 0.224 e. The lowest BCUT2D eigenvalue weighted by molar-refractivity contribution is 0.302. The van der Waals surface area contributed by atoms with Crippen LogP contribution >= 0.6 is 0 Å². The summed E-state index contributed by atoms with van der Waals surface area (Å²) in [5.74, 6) is 1.21. The molecule has 0 saturated heterocycles. The summed E-state index contributed by atoms with van der Waals surface area (Å²) in [7, 11) is 0. The molecule has 2 heterocycles. The average Bonchev–Trinajstić information content (AvgIpc) is 2.79. The first-order valence-corrected chi connectivity index (χ1v) is 10.4. The van der Waals surface area contributed by atoms with Gasteiger partial charge in [0.25, 0.3) is 0 Å². The van der Waals surface area contributed by atoms with Crippen molar-refractivity contribution < 1.29 is 4.74 Å². The van der Waals surface area contributed by atoms with Crippen LogP contribution in [0.3, 0.4) is 0 Å². The molecule has 152 valence electrons. The minimum Gasteiger partial charge on any atom is -0.477 e. The molecule has 0 saturated carbocycles. The molecule has 0 aliphatic heterocycles. The van der Waals surface area contributed by atoms with Crippen LogP contribution in [0.15, 0.2) is 48.5 Å². The summed E-state index contributed by atoms with van der Waals surface area (Å²) >= 11 is 0. The second kappa shape index (κ2) is 11.7. The third-order valence-electron chi connectivity index (χ3n) is 4.21. The third kappa shape index (κ3) is 5.98. The zero-order chi connectivity index (χ0) is 21.1. The van der Waals surface area contributed by atoms with Crippen molar-refractivity contribution in [2.45, 2.75) is 47.5 Å². The molecule has 0 fully saturated rings. The Morgan fingerprint density at radius 2 is 1.62 bits per heavy atom. The van der Waals surface area contributed by atoms with Gasteiger partial charge in [0.15, 0.2) is 5.82 Å². The molecule has 0 aliphatic rings. The molecule has 3 aromatic rings. The van der Waals surface area contributed by atoms with Gasteiger partial charge in [0.1, 0.15) is 5.69 Å². The largest absolute Gasteiger partial charge is 0.477 e. The third-order valence-corrected chi connectivity index (χ3v) is 4.21. The average molecular weight is 390 g/mol. The number of pyridine rings is 1. The highest BCUT2D eigenvalue weighted by Crippen LogP contribution is 2.15. The van der Waals surface area contributed by atoms with Crippen LogP contribution in [0, 0.1) is 0 Å². The first-order chi connectivity index (χ1) is 14.2. The van der Waals surface area contributed by atoms with E-state index in [-0.39, 0.29) is 0 Å². The summed E-state index contributed by atoms with van der Waals surface area (Å²) in [4.78, 5) is 14.2. The molecule has 4 nitrogen and oxygen atoms in total. The van der Waals surface area contributed by atoms with Gasteiger partial charge in [-0.3, -0.25) is 0 Å². The summed E-state index contributed by atoms with van der Waals surface area (Å²) in [6.45, 7) is 10.7. The molecule has 4 heteroatoms.